The largest absolute Gasteiger partial charge is 0.364 e. The van der Waals surface area contributed by atoms with E-state index < -0.39 is 5.91 Å². The third-order valence-electron chi connectivity index (χ3n) is 5.58. The Morgan fingerprint density at radius 1 is 1.31 bits per heavy atom. The van der Waals surface area contributed by atoms with E-state index in [1.54, 1.807) is 17.4 Å². The fourth-order valence-corrected chi connectivity index (χ4v) is 4.62. The number of aromatic nitrogens is 1. The zero-order valence-electron chi connectivity index (χ0n) is 14.5. The molecule has 2 aromatic rings. The monoisotopic (exact) mass is 370 g/mol. The summed E-state index contributed by atoms with van der Waals surface area (Å²) >= 11 is 1.64. The summed E-state index contributed by atoms with van der Waals surface area (Å²) in [4.78, 5) is 30.5. The van der Waals surface area contributed by atoms with Crippen molar-refractivity contribution in [3.05, 3.63) is 52.0 Å². The van der Waals surface area contributed by atoms with Gasteiger partial charge in [0.15, 0.2) is 0 Å². The zero-order valence-corrected chi connectivity index (χ0v) is 15.3. The Hall–Kier alpha value is -2.25. The molecule has 26 heavy (non-hydrogen) atoms. The Bertz CT molecular complexity index is 797. The molecule has 3 N–H and O–H groups in total. The van der Waals surface area contributed by atoms with Gasteiger partial charge in [-0.2, -0.15) is 11.3 Å². The van der Waals surface area contributed by atoms with Crippen molar-refractivity contribution >= 4 is 23.2 Å². The SMILES string of the molecule is NC(=O)c1ccc(C(=O)N(Cc2ccsc2)[C@@H]2CC23CCNCC3)cn1. The van der Waals surface area contributed by atoms with Crippen molar-refractivity contribution in [2.24, 2.45) is 11.1 Å². The maximum absolute atomic E-state index is 13.2. The van der Waals surface area contributed by atoms with Crippen LogP contribution in [0.5, 0.6) is 0 Å². The Morgan fingerprint density at radius 3 is 2.73 bits per heavy atom. The topological polar surface area (TPSA) is 88.3 Å². The molecule has 0 radical (unpaired) electrons. The molecule has 1 saturated carbocycles. The summed E-state index contributed by atoms with van der Waals surface area (Å²) in [6.45, 7) is 2.65. The second kappa shape index (κ2) is 6.81. The van der Waals surface area contributed by atoms with Gasteiger partial charge in [0, 0.05) is 18.8 Å². The Balaban J connectivity index is 1.58. The summed E-state index contributed by atoms with van der Waals surface area (Å²) in [5.41, 5.74) is 7.33. The number of primary amides is 1. The highest BCUT2D eigenvalue weighted by atomic mass is 32.1. The number of hydrogen-bond acceptors (Lipinski definition) is 5. The number of pyridine rings is 1. The molecule has 136 valence electrons. The van der Waals surface area contributed by atoms with Gasteiger partial charge in [0.25, 0.3) is 11.8 Å². The fraction of sp³-hybridized carbons (Fsp3) is 0.421. The molecular formula is C19H22N4O2S. The summed E-state index contributed by atoms with van der Waals surface area (Å²) in [7, 11) is 0. The van der Waals surface area contributed by atoms with Crippen LogP contribution in [0.4, 0.5) is 0 Å². The van der Waals surface area contributed by atoms with Gasteiger partial charge in [-0.05, 0) is 72.3 Å². The molecule has 0 bridgehead atoms. The number of carbonyl (C=O) groups excluding carboxylic acids is 2. The number of nitrogens with one attached hydrogen (secondary N) is 1. The second-order valence-corrected chi connectivity index (χ2v) is 7.97. The average Bonchev–Trinajstić information content (AvgIpc) is 3.08. The standard InChI is InChI=1S/C19H22N4O2S/c20-17(24)15-2-1-14(10-22-15)18(25)23(11-13-3-8-26-12-13)16-9-19(16)4-6-21-7-5-19/h1-3,8,10,12,16,21H,4-7,9,11H2,(H2,20,24)/t16-/m1/s1. The van der Waals surface area contributed by atoms with E-state index in [0.717, 1.165) is 37.9 Å². The van der Waals surface area contributed by atoms with Gasteiger partial charge in [-0.3, -0.25) is 14.6 Å². The van der Waals surface area contributed by atoms with E-state index in [1.165, 1.54) is 12.3 Å². The summed E-state index contributed by atoms with van der Waals surface area (Å²) in [6.07, 6.45) is 4.76. The van der Waals surface area contributed by atoms with E-state index in [-0.39, 0.29) is 23.1 Å². The number of thiophene rings is 1. The number of carbonyl (C=O) groups is 2. The molecule has 1 atom stereocenters. The van der Waals surface area contributed by atoms with E-state index in [9.17, 15) is 9.59 Å². The van der Waals surface area contributed by atoms with Crippen molar-refractivity contribution < 1.29 is 9.59 Å². The number of amides is 2. The normalized spacial score (nSPS) is 20.7. The molecule has 2 fully saturated rings. The van der Waals surface area contributed by atoms with Crippen molar-refractivity contribution in [1.82, 2.24) is 15.2 Å². The first-order valence-electron chi connectivity index (χ1n) is 8.88. The quantitative estimate of drug-likeness (QED) is 0.843. The summed E-state index contributed by atoms with van der Waals surface area (Å²) < 4.78 is 0. The highest BCUT2D eigenvalue weighted by Gasteiger charge is 2.57. The first-order chi connectivity index (χ1) is 12.6. The maximum atomic E-state index is 13.2. The minimum Gasteiger partial charge on any atom is -0.364 e. The highest BCUT2D eigenvalue weighted by Crippen LogP contribution is 2.56. The molecule has 6 nitrogen and oxygen atoms in total. The van der Waals surface area contributed by atoms with Crippen LogP contribution in [-0.2, 0) is 6.54 Å². The molecule has 3 heterocycles. The zero-order chi connectivity index (χ0) is 18.1. The van der Waals surface area contributed by atoms with Crippen LogP contribution < -0.4 is 11.1 Å². The van der Waals surface area contributed by atoms with Crippen LogP contribution in [0.1, 0.15) is 45.7 Å². The lowest BCUT2D eigenvalue weighted by Gasteiger charge is -2.29. The lowest BCUT2D eigenvalue weighted by molar-refractivity contribution is 0.0691. The van der Waals surface area contributed by atoms with Crippen molar-refractivity contribution in [3.63, 3.8) is 0 Å². The smallest absolute Gasteiger partial charge is 0.267 e. The van der Waals surface area contributed by atoms with Gasteiger partial charge in [0.05, 0.1) is 5.56 Å². The van der Waals surface area contributed by atoms with E-state index in [4.69, 9.17) is 5.73 Å². The molecule has 7 heteroatoms. The number of nitrogens with two attached hydrogens (primary N) is 1. The lowest BCUT2D eigenvalue weighted by Crippen LogP contribution is -2.39. The van der Waals surface area contributed by atoms with E-state index in [2.05, 4.69) is 21.7 Å². The van der Waals surface area contributed by atoms with Crippen LogP contribution in [0.3, 0.4) is 0 Å². The van der Waals surface area contributed by atoms with Crippen LogP contribution >= 0.6 is 11.3 Å². The number of rotatable bonds is 5. The van der Waals surface area contributed by atoms with Crippen LogP contribution in [0, 0.1) is 5.41 Å². The number of hydrogen-bond donors (Lipinski definition) is 2. The molecule has 2 aliphatic rings. The molecule has 1 aliphatic heterocycles. The van der Waals surface area contributed by atoms with Gasteiger partial charge in [-0.25, -0.2) is 0 Å². The molecule has 0 unspecified atom stereocenters. The Kier molecular flexibility index (Phi) is 4.50. The maximum Gasteiger partial charge on any atom is 0.267 e. The Labute approximate surface area is 156 Å². The van der Waals surface area contributed by atoms with Crippen LogP contribution in [0.15, 0.2) is 35.2 Å². The van der Waals surface area contributed by atoms with Crippen molar-refractivity contribution in [2.75, 3.05) is 13.1 Å². The van der Waals surface area contributed by atoms with Crippen molar-refractivity contribution in [1.29, 1.82) is 0 Å². The van der Waals surface area contributed by atoms with Gasteiger partial charge in [0.2, 0.25) is 0 Å². The van der Waals surface area contributed by atoms with E-state index in [0.29, 0.717) is 12.1 Å². The minimum absolute atomic E-state index is 0.0277. The lowest BCUT2D eigenvalue weighted by atomic mass is 9.93. The Morgan fingerprint density at radius 2 is 2.12 bits per heavy atom. The predicted octanol–water partition coefficient (Wildman–Crippen LogP) is 2.03. The molecule has 2 aromatic heterocycles. The molecular weight excluding hydrogens is 348 g/mol. The summed E-state index contributed by atoms with van der Waals surface area (Å²) in [6, 6.07) is 5.50. The third-order valence-corrected chi connectivity index (χ3v) is 6.31. The van der Waals surface area contributed by atoms with Crippen LogP contribution in [-0.4, -0.2) is 40.8 Å². The molecule has 1 aliphatic carbocycles. The molecule has 4 rings (SSSR count). The van der Waals surface area contributed by atoms with Gasteiger partial charge in [-0.15, -0.1) is 0 Å². The summed E-state index contributed by atoms with van der Waals surface area (Å²) in [5, 5.41) is 7.53. The number of piperidine rings is 1. The first-order valence-corrected chi connectivity index (χ1v) is 9.82. The summed E-state index contributed by atoms with van der Waals surface area (Å²) in [5.74, 6) is -0.616. The van der Waals surface area contributed by atoms with Gasteiger partial charge < -0.3 is 16.0 Å². The average molecular weight is 370 g/mol. The van der Waals surface area contributed by atoms with Gasteiger partial charge in [0.1, 0.15) is 5.69 Å². The highest BCUT2D eigenvalue weighted by molar-refractivity contribution is 7.07. The molecule has 2 amide bonds. The second-order valence-electron chi connectivity index (χ2n) is 7.19. The fourth-order valence-electron chi connectivity index (χ4n) is 3.96. The van der Waals surface area contributed by atoms with E-state index >= 15 is 0 Å². The molecule has 1 saturated heterocycles. The van der Waals surface area contributed by atoms with Gasteiger partial charge >= 0.3 is 0 Å². The van der Waals surface area contributed by atoms with Crippen molar-refractivity contribution in [3.8, 4) is 0 Å². The number of nitrogens with zero attached hydrogens (tertiary/aromatic N) is 2. The first kappa shape index (κ1) is 17.2. The van der Waals surface area contributed by atoms with Crippen molar-refractivity contribution in [2.45, 2.75) is 31.8 Å². The molecule has 0 aromatic carbocycles. The molecule has 1 spiro atoms. The van der Waals surface area contributed by atoms with Crippen LogP contribution in [0.25, 0.3) is 0 Å². The predicted molar refractivity (Wildman–Crippen MR) is 99.9 cm³/mol. The van der Waals surface area contributed by atoms with Gasteiger partial charge in [-0.1, -0.05) is 0 Å². The third kappa shape index (κ3) is 3.24. The van der Waals surface area contributed by atoms with E-state index in [1.807, 2.05) is 10.3 Å². The minimum atomic E-state index is -0.588. The van der Waals surface area contributed by atoms with Crippen LogP contribution in [0.2, 0.25) is 0 Å².